The van der Waals surface area contributed by atoms with Crippen LogP contribution in [0, 0.1) is 25.7 Å². The number of nitrogens with one attached hydrogen (secondary N) is 2. The van der Waals surface area contributed by atoms with Crippen molar-refractivity contribution in [3.05, 3.63) is 58.7 Å². The summed E-state index contributed by atoms with van der Waals surface area (Å²) in [4.78, 5) is 36.5. The summed E-state index contributed by atoms with van der Waals surface area (Å²) in [5.74, 6) is -0.181. The lowest BCUT2D eigenvalue weighted by molar-refractivity contribution is -0.117. The van der Waals surface area contributed by atoms with Crippen molar-refractivity contribution in [2.45, 2.75) is 27.2 Å². The maximum Gasteiger partial charge on any atom is 0.338 e. The van der Waals surface area contributed by atoms with Gasteiger partial charge in [-0.3, -0.25) is 9.59 Å². The van der Waals surface area contributed by atoms with E-state index >= 15 is 0 Å². The van der Waals surface area contributed by atoms with Crippen LogP contribution in [0.4, 0.5) is 11.4 Å². The summed E-state index contributed by atoms with van der Waals surface area (Å²) in [5.41, 5.74) is 3.76. The first kappa shape index (κ1) is 19.6. The highest BCUT2D eigenvalue weighted by atomic mass is 16.5. The molecular weight excluding hydrogens is 356 g/mol. The van der Waals surface area contributed by atoms with E-state index in [1.807, 2.05) is 19.9 Å². The first-order chi connectivity index (χ1) is 13.3. The number of methoxy groups -OCH3 is 1. The quantitative estimate of drug-likeness (QED) is 0.770. The molecule has 0 radical (unpaired) electrons. The number of rotatable bonds is 5. The Kier molecular flexibility index (Phi) is 5.49. The Morgan fingerprint density at radius 2 is 1.64 bits per heavy atom. The van der Waals surface area contributed by atoms with E-state index < -0.39 is 5.97 Å². The van der Waals surface area contributed by atoms with Crippen molar-refractivity contribution in [1.82, 2.24) is 0 Å². The molecule has 6 heteroatoms. The van der Waals surface area contributed by atoms with Gasteiger partial charge in [-0.05, 0) is 73.7 Å². The standard InChI is InChI=1S/C22H24N2O4/c1-12-9-17(11-19(14(12)3)22(27)28-4)24-20(25)15-5-7-16(8-6-15)23-21(26)18-10-13(18)2/h5-9,11,13,18H,10H2,1-4H3,(H,23,26)(H,24,25). The smallest absolute Gasteiger partial charge is 0.338 e. The van der Waals surface area contributed by atoms with Gasteiger partial charge in [-0.25, -0.2) is 4.79 Å². The number of ether oxygens (including phenoxy) is 1. The summed E-state index contributed by atoms with van der Waals surface area (Å²) < 4.78 is 4.80. The molecule has 0 heterocycles. The second-order valence-electron chi connectivity index (χ2n) is 7.30. The molecule has 2 N–H and O–H groups in total. The highest BCUT2D eigenvalue weighted by Gasteiger charge is 2.39. The summed E-state index contributed by atoms with van der Waals surface area (Å²) in [7, 11) is 1.33. The third-order valence-electron chi connectivity index (χ3n) is 5.19. The Hall–Kier alpha value is -3.15. The van der Waals surface area contributed by atoms with Crippen molar-refractivity contribution in [1.29, 1.82) is 0 Å². The molecule has 2 aromatic carbocycles. The fraction of sp³-hybridized carbons (Fsp3) is 0.318. The highest BCUT2D eigenvalue weighted by Crippen LogP contribution is 2.38. The van der Waals surface area contributed by atoms with Gasteiger partial charge >= 0.3 is 5.97 Å². The van der Waals surface area contributed by atoms with Gasteiger partial charge in [0.1, 0.15) is 0 Å². The first-order valence-electron chi connectivity index (χ1n) is 9.22. The van der Waals surface area contributed by atoms with Crippen LogP contribution in [-0.4, -0.2) is 24.9 Å². The number of benzene rings is 2. The molecule has 1 saturated carbocycles. The Bertz CT molecular complexity index is 934. The molecule has 1 aliphatic carbocycles. The molecule has 2 unspecified atom stereocenters. The summed E-state index contributed by atoms with van der Waals surface area (Å²) in [6, 6.07) is 10.1. The number of anilines is 2. The summed E-state index contributed by atoms with van der Waals surface area (Å²) in [5, 5.41) is 5.67. The summed E-state index contributed by atoms with van der Waals surface area (Å²) >= 11 is 0. The van der Waals surface area contributed by atoms with Crippen molar-refractivity contribution in [2.75, 3.05) is 17.7 Å². The average molecular weight is 380 g/mol. The number of carbonyl (C=O) groups excluding carboxylic acids is 3. The van der Waals surface area contributed by atoms with E-state index in [1.165, 1.54) is 7.11 Å². The fourth-order valence-corrected chi connectivity index (χ4v) is 3.08. The number of hydrogen-bond acceptors (Lipinski definition) is 4. The topological polar surface area (TPSA) is 84.5 Å². The number of amides is 2. The summed E-state index contributed by atoms with van der Waals surface area (Å²) in [6.07, 6.45) is 0.926. The van der Waals surface area contributed by atoms with Crippen LogP contribution < -0.4 is 10.6 Å². The Morgan fingerprint density at radius 1 is 1.00 bits per heavy atom. The van der Waals surface area contributed by atoms with Crippen molar-refractivity contribution in [2.24, 2.45) is 11.8 Å². The number of hydrogen-bond donors (Lipinski definition) is 2. The van der Waals surface area contributed by atoms with E-state index in [1.54, 1.807) is 30.3 Å². The van der Waals surface area contributed by atoms with Gasteiger partial charge in [0.05, 0.1) is 12.7 Å². The van der Waals surface area contributed by atoms with Crippen LogP contribution in [0.2, 0.25) is 0 Å². The van der Waals surface area contributed by atoms with Gasteiger partial charge in [-0.2, -0.15) is 0 Å². The van der Waals surface area contributed by atoms with Gasteiger partial charge in [0, 0.05) is 22.9 Å². The van der Waals surface area contributed by atoms with Gasteiger partial charge < -0.3 is 15.4 Å². The molecule has 1 aliphatic rings. The SMILES string of the molecule is COC(=O)c1cc(NC(=O)c2ccc(NC(=O)C3CC3C)cc2)cc(C)c1C. The maximum absolute atomic E-state index is 12.5. The van der Waals surface area contributed by atoms with Crippen LogP contribution in [0.1, 0.15) is 45.2 Å². The third-order valence-corrected chi connectivity index (χ3v) is 5.19. The van der Waals surface area contributed by atoms with E-state index in [0.29, 0.717) is 28.4 Å². The van der Waals surface area contributed by atoms with Crippen molar-refractivity contribution >= 4 is 29.2 Å². The lowest BCUT2D eigenvalue weighted by atomic mass is 10.0. The molecule has 28 heavy (non-hydrogen) atoms. The van der Waals surface area contributed by atoms with E-state index in [2.05, 4.69) is 17.6 Å². The largest absolute Gasteiger partial charge is 0.465 e. The molecule has 2 atom stereocenters. The maximum atomic E-state index is 12.5. The molecule has 3 rings (SSSR count). The van der Waals surface area contributed by atoms with Crippen LogP contribution in [0.5, 0.6) is 0 Å². The van der Waals surface area contributed by atoms with Crippen LogP contribution in [0.15, 0.2) is 36.4 Å². The lowest BCUT2D eigenvalue weighted by Gasteiger charge is -2.12. The second-order valence-corrected chi connectivity index (χ2v) is 7.30. The van der Waals surface area contributed by atoms with E-state index in [-0.39, 0.29) is 17.7 Å². The predicted molar refractivity (Wildman–Crippen MR) is 108 cm³/mol. The molecule has 2 aromatic rings. The zero-order valence-corrected chi connectivity index (χ0v) is 16.5. The molecular formula is C22H24N2O4. The minimum Gasteiger partial charge on any atom is -0.465 e. The van der Waals surface area contributed by atoms with Crippen molar-refractivity contribution in [3.8, 4) is 0 Å². The van der Waals surface area contributed by atoms with Crippen molar-refractivity contribution in [3.63, 3.8) is 0 Å². The molecule has 0 bridgehead atoms. The van der Waals surface area contributed by atoms with Crippen LogP contribution >= 0.6 is 0 Å². The van der Waals surface area contributed by atoms with Gasteiger partial charge in [-0.15, -0.1) is 0 Å². The second kappa shape index (κ2) is 7.84. The van der Waals surface area contributed by atoms with E-state index in [4.69, 9.17) is 4.74 Å². The molecule has 146 valence electrons. The lowest BCUT2D eigenvalue weighted by Crippen LogP contribution is -2.15. The van der Waals surface area contributed by atoms with Crippen LogP contribution in [0.25, 0.3) is 0 Å². The molecule has 6 nitrogen and oxygen atoms in total. The van der Waals surface area contributed by atoms with Gasteiger partial charge in [0.25, 0.3) is 5.91 Å². The van der Waals surface area contributed by atoms with Crippen LogP contribution in [-0.2, 0) is 9.53 Å². The first-order valence-corrected chi connectivity index (χ1v) is 9.22. The molecule has 0 saturated heterocycles. The Morgan fingerprint density at radius 3 is 2.21 bits per heavy atom. The molecule has 0 aromatic heterocycles. The van der Waals surface area contributed by atoms with Gasteiger partial charge in [-0.1, -0.05) is 6.92 Å². The average Bonchev–Trinajstić information content (AvgIpc) is 3.41. The minimum atomic E-state index is -0.443. The summed E-state index contributed by atoms with van der Waals surface area (Å²) in [6.45, 7) is 5.76. The van der Waals surface area contributed by atoms with E-state index in [9.17, 15) is 14.4 Å². The van der Waals surface area contributed by atoms with Gasteiger partial charge in [0.15, 0.2) is 0 Å². The monoisotopic (exact) mass is 380 g/mol. The normalized spacial score (nSPS) is 17.6. The zero-order valence-electron chi connectivity index (χ0n) is 16.5. The number of carbonyl (C=O) groups is 3. The molecule has 0 aliphatic heterocycles. The molecule has 1 fully saturated rings. The number of esters is 1. The minimum absolute atomic E-state index is 0.0233. The van der Waals surface area contributed by atoms with E-state index in [0.717, 1.165) is 17.5 Å². The Balaban J connectivity index is 1.70. The van der Waals surface area contributed by atoms with Crippen LogP contribution in [0.3, 0.4) is 0 Å². The highest BCUT2D eigenvalue weighted by molar-refractivity contribution is 6.05. The molecule has 0 spiro atoms. The fourth-order valence-electron chi connectivity index (χ4n) is 3.08. The van der Waals surface area contributed by atoms with Gasteiger partial charge in [0.2, 0.25) is 5.91 Å². The third kappa shape index (κ3) is 4.22. The number of aryl methyl sites for hydroxylation is 1. The zero-order chi connectivity index (χ0) is 20.4. The molecule has 2 amide bonds. The Labute approximate surface area is 164 Å². The van der Waals surface area contributed by atoms with Crippen molar-refractivity contribution < 1.29 is 19.1 Å². The predicted octanol–water partition coefficient (Wildman–Crippen LogP) is 3.94.